The maximum Gasteiger partial charge on any atom is 0.323 e. The summed E-state index contributed by atoms with van der Waals surface area (Å²) in [7, 11) is 1.71. The normalized spacial score (nSPS) is 17.1. The molecule has 0 aliphatic heterocycles. The van der Waals surface area contributed by atoms with Crippen LogP contribution in [0.15, 0.2) is 0 Å². The first-order valence-corrected chi connectivity index (χ1v) is 6.55. The van der Waals surface area contributed by atoms with Gasteiger partial charge in [0.15, 0.2) is 0 Å². The molecule has 2 unspecified atom stereocenters. The number of carboxylic acid groups (broad SMARTS) is 1. The molecule has 15 heavy (non-hydrogen) atoms. The second-order valence-corrected chi connectivity index (χ2v) is 5.67. The molecular formula is C11H23NO2S. The standard InChI is InChI=1S/C11H23NO2S/c1-5-6-7-15-9(2)8-11(3,12-4)10(13)14/h9,12H,5-8H2,1-4H3,(H,13,14). The highest BCUT2D eigenvalue weighted by Gasteiger charge is 2.32. The van der Waals surface area contributed by atoms with Crippen LogP contribution < -0.4 is 5.32 Å². The van der Waals surface area contributed by atoms with Gasteiger partial charge in [-0.1, -0.05) is 20.3 Å². The van der Waals surface area contributed by atoms with E-state index in [0.717, 1.165) is 5.75 Å². The Bertz CT molecular complexity index is 199. The van der Waals surface area contributed by atoms with E-state index >= 15 is 0 Å². The average molecular weight is 233 g/mol. The number of rotatable bonds is 8. The lowest BCUT2D eigenvalue weighted by atomic mass is 9.96. The summed E-state index contributed by atoms with van der Waals surface area (Å²) in [4.78, 5) is 11.0. The number of hydrogen-bond acceptors (Lipinski definition) is 3. The highest BCUT2D eigenvalue weighted by atomic mass is 32.2. The summed E-state index contributed by atoms with van der Waals surface area (Å²) in [5, 5.41) is 12.3. The first kappa shape index (κ1) is 14.8. The Balaban J connectivity index is 4.01. The number of likely N-dealkylation sites (N-methyl/N-ethyl adjacent to an activating group) is 1. The molecule has 90 valence electrons. The summed E-state index contributed by atoms with van der Waals surface area (Å²) in [5.41, 5.74) is -0.793. The molecule has 0 aliphatic rings. The molecule has 0 rings (SSSR count). The smallest absolute Gasteiger partial charge is 0.323 e. The summed E-state index contributed by atoms with van der Waals surface area (Å²) in [6.45, 7) is 6.01. The highest BCUT2D eigenvalue weighted by Crippen LogP contribution is 2.22. The lowest BCUT2D eigenvalue weighted by Gasteiger charge is -2.27. The van der Waals surface area contributed by atoms with Crippen LogP contribution in [0.25, 0.3) is 0 Å². The minimum absolute atomic E-state index is 0.380. The molecule has 0 saturated heterocycles. The lowest BCUT2D eigenvalue weighted by Crippen LogP contribution is -2.49. The van der Waals surface area contributed by atoms with E-state index in [1.807, 2.05) is 11.8 Å². The number of unbranched alkanes of at least 4 members (excludes halogenated alkanes) is 1. The van der Waals surface area contributed by atoms with Crippen LogP contribution in [-0.2, 0) is 4.79 Å². The fourth-order valence-corrected chi connectivity index (χ4v) is 2.67. The molecular weight excluding hydrogens is 210 g/mol. The summed E-state index contributed by atoms with van der Waals surface area (Å²) < 4.78 is 0. The van der Waals surface area contributed by atoms with E-state index in [0.29, 0.717) is 11.7 Å². The van der Waals surface area contributed by atoms with Crippen molar-refractivity contribution in [1.82, 2.24) is 5.32 Å². The third-order valence-electron chi connectivity index (χ3n) is 2.62. The third kappa shape index (κ3) is 5.42. The molecule has 0 bridgehead atoms. The van der Waals surface area contributed by atoms with Crippen molar-refractivity contribution in [1.29, 1.82) is 0 Å². The Morgan fingerprint density at radius 2 is 2.20 bits per heavy atom. The zero-order chi connectivity index (χ0) is 11.9. The van der Waals surface area contributed by atoms with Gasteiger partial charge < -0.3 is 10.4 Å². The van der Waals surface area contributed by atoms with Crippen LogP contribution in [0.2, 0.25) is 0 Å². The third-order valence-corrected chi connectivity index (χ3v) is 3.88. The van der Waals surface area contributed by atoms with E-state index < -0.39 is 11.5 Å². The molecule has 4 heteroatoms. The van der Waals surface area contributed by atoms with Gasteiger partial charge in [0.25, 0.3) is 0 Å². The van der Waals surface area contributed by atoms with Gasteiger partial charge in [0.2, 0.25) is 0 Å². The summed E-state index contributed by atoms with van der Waals surface area (Å²) in [6, 6.07) is 0. The SMILES string of the molecule is CCCCSC(C)CC(C)(NC)C(=O)O. The summed E-state index contributed by atoms with van der Waals surface area (Å²) >= 11 is 1.86. The molecule has 2 atom stereocenters. The molecule has 2 N–H and O–H groups in total. The number of carbonyl (C=O) groups is 1. The van der Waals surface area contributed by atoms with Crippen molar-refractivity contribution in [3.63, 3.8) is 0 Å². The first-order chi connectivity index (χ1) is 6.96. The van der Waals surface area contributed by atoms with Gasteiger partial charge in [0.05, 0.1) is 0 Å². The van der Waals surface area contributed by atoms with Crippen LogP contribution in [0.5, 0.6) is 0 Å². The Hall–Kier alpha value is -0.220. The van der Waals surface area contributed by atoms with Crippen LogP contribution in [0, 0.1) is 0 Å². The second kappa shape index (κ2) is 7.12. The second-order valence-electron chi connectivity index (χ2n) is 4.13. The van der Waals surface area contributed by atoms with Gasteiger partial charge in [0, 0.05) is 5.25 Å². The average Bonchev–Trinajstić information content (AvgIpc) is 2.17. The van der Waals surface area contributed by atoms with Crippen LogP contribution in [-0.4, -0.2) is 34.7 Å². The van der Waals surface area contributed by atoms with Crippen molar-refractivity contribution in [2.75, 3.05) is 12.8 Å². The summed E-state index contributed by atoms with van der Waals surface area (Å²) in [6.07, 6.45) is 3.06. The monoisotopic (exact) mass is 233 g/mol. The van der Waals surface area contributed by atoms with Crippen molar-refractivity contribution in [2.45, 2.75) is 50.8 Å². The number of aliphatic carboxylic acids is 1. The number of carboxylic acids is 1. The molecule has 0 aromatic heterocycles. The van der Waals surface area contributed by atoms with Gasteiger partial charge in [-0.3, -0.25) is 4.79 Å². The van der Waals surface area contributed by atoms with Gasteiger partial charge in [0.1, 0.15) is 5.54 Å². The van der Waals surface area contributed by atoms with E-state index in [4.69, 9.17) is 5.11 Å². The zero-order valence-electron chi connectivity index (χ0n) is 10.2. The fourth-order valence-electron chi connectivity index (χ4n) is 1.36. The number of hydrogen-bond donors (Lipinski definition) is 2. The quantitative estimate of drug-likeness (QED) is 0.632. The minimum atomic E-state index is -0.793. The van der Waals surface area contributed by atoms with Crippen LogP contribution in [0.3, 0.4) is 0 Å². The lowest BCUT2D eigenvalue weighted by molar-refractivity contribution is -0.144. The number of thioether (sulfide) groups is 1. The zero-order valence-corrected chi connectivity index (χ0v) is 11.0. The van der Waals surface area contributed by atoms with Crippen molar-refractivity contribution in [3.05, 3.63) is 0 Å². The Morgan fingerprint density at radius 3 is 2.60 bits per heavy atom. The summed E-state index contributed by atoms with van der Waals surface area (Å²) in [5.74, 6) is 0.352. The van der Waals surface area contributed by atoms with E-state index in [2.05, 4.69) is 19.2 Å². The molecule has 0 aromatic rings. The molecule has 0 saturated carbocycles. The van der Waals surface area contributed by atoms with E-state index in [1.54, 1.807) is 14.0 Å². The predicted molar refractivity (Wildman–Crippen MR) is 66.5 cm³/mol. The predicted octanol–water partition coefficient (Wildman–Crippen LogP) is 2.36. The molecule has 0 spiro atoms. The fraction of sp³-hybridized carbons (Fsp3) is 0.909. The van der Waals surface area contributed by atoms with E-state index in [9.17, 15) is 4.79 Å². The van der Waals surface area contributed by atoms with E-state index in [1.165, 1.54) is 12.8 Å². The minimum Gasteiger partial charge on any atom is -0.480 e. The van der Waals surface area contributed by atoms with Gasteiger partial charge in [-0.2, -0.15) is 11.8 Å². The van der Waals surface area contributed by atoms with Crippen molar-refractivity contribution >= 4 is 17.7 Å². The van der Waals surface area contributed by atoms with Crippen LogP contribution in [0.1, 0.15) is 40.0 Å². The van der Waals surface area contributed by atoms with Gasteiger partial charge in [-0.05, 0) is 32.6 Å². The van der Waals surface area contributed by atoms with Crippen LogP contribution >= 0.6 is 11.8 Å². The molecule has 0 fully saturated rings. The van der Waals surface area contributed by atoms with Crippen LogP contribution in [0.4, 0.5) is 0 Å². The van der Waals surface area contributed by atoms with Crippen molar-refractivity contribution in [2.24, 2.45) is 0 Å². The molecule has 0 aromatic carbocycles. The van der Waals surface area contributed by atoms with Crippen molar-refractivity contribution < 1.29 is 9.90 Å². The first-order valence-electron chi connectivity index (χ1n) is 5.50. The largest absolute Gasteiger partial charge is 0.480 e. The van der Waals surface area contributed by atoms with E-state index in [-0.39, 0.29) is 0 Å². The van der Waals surface area contributed by atoms with Crippen molar-refractivity contribution in [3.8, 4) is 0 Å². The Morgan fingerprint density at radius 1 is 1.60 bits per heavy atom. The Labute approximate surface area is 97.0 Å². The maximum atomic E-state index is 11.0. The highest BCUT2D eigenvalue weighted by molar-refractivity contribution is 7.99. The molecule has 0 heterocycles. The van der Waals surface area contributed by atoms with Gasteiger partial charge in [-0.25, -0.2) is 0 Å². The molecule has 0 radical (unpaired) electrons. The number of nitrogens with one attached hydrogen (secondary N) is 1. The molecule has 0 aliphatic carbocycles. The molecule has 0 amide bonds. The van der Waals surface area contributed by atoms with Gasteiger partial charge >= 0.3 is 5.97 Å². The van der Waals surface area contributed by atoms with Gasteiger partial charge in [-0.15, -0.1) is 0 Å². The topological polar surface area (TPSA) is 49.3 Å². The molecule has 3 nitrogen and oxygen atoms in total. The Kier molecular flexibility index (Phi) is 7.02. The maximum absolute atomic E-state index is 11.0.